The van der Waals surface area contributed by atoms with Crippen LogP contribution < -0.4 is 25.8 Å². The SMILES string of the molecule is COc1ccc(NC2NC(c3cnc(N)nc3)=CC3=C2CN(CC#N)CC3=O)cc1OC. The van der Waals surface area contributed by atoms with Crippen LogP contribution in [-0.2, 0) is 4.79 Å². The highest BCUT2D eigenvalue weighted by Crippen LogP contribution is 2.33. The minimum Gasteiger partial charge on any atom is -0.493 e. The molecule has 0 radical (unpaired) electrons. The van der Waals surface area contributed by atoms with Crippen molar-refractivity contribution in [2.45, 2.75) is 6.17 Å². The van der Waals surface area contributed by atoms with Gasteiger partial charge in [0.25, 0.3) is 0 Å². The molecule has 1 aromatic heterocycles. The van der Waals surface area contributed by atoms with Crippen LogP contribution in [0.3, 0.4) is 0 Å². The molecule has 3 heterocycles. The fourth-order valence-corrected chi connectivity index (χ4v) is 3.77. The molecule has 0 saturated heterocycles. The second kappa shape index (κ2) is 8.95. The predicted molar refractivity (Wildman–Crippen MR) is 119 cm³/mol. The summed E-state index contributed by atoms with van der Waals surface area (Å²) in [7, 11) is 3.15. The Morgan fingerprint density at radius 3 is 2.69 bits per heavy atom. The average molecular weight is 433 g/mol. The fraction of sp³-hybridized carbons (Fsp3) is 0.273. The summed E-state index contributed by atoms with van der Waals surface area (Å²) in [5.74, 6) is 1.32. The molecule has 2 aliphatic rings. The summed E-state index contributed by atoms with van der Waals surface area (Å²) in [6.07, 6.45) is 4.61. The number of anilines is 2. The summed E-state index contributed by atoms with van der Waals surface area (Å²) in [4.78, 5) is 22.9. The van der Waals surface area contributed by atoms with Crippen LogP contribution in [0.4, 0.5) is 11.6 Å². The number of ketones is 1. The van der Waals surface area contributed by atoms with Crippen molar-refractivity contribution in [1.29, 1.82) is 5.26 Å². The smallest absolute Gasteiger partial charge is 0.219 e. The number of nitrogen functional groups attached to an aromatic ring is 1. The molecule has 2 aliphatic heterocycles. The van der Waals surface area contributed by atoms with Gasteiger partial charge in [-0.2, -0.15) is 5.26 Å². The number of nitrogens with two attached hydrogens (primary N) is 1. The third-order valence-corrected chi connectivity index (χ3v) is 5.32. The van der Waals surface area contributed by atoms with Gasteiger partial charge in [-0.3, -0.25) is 9.69 Å². The van der Waals surface area contributed by atoms with Crippen LogP contribution in [0.1, 0.15) is 5.56 Å². The number of Topliss-reactive ketones (excluding diaryl/α,β-unsaturated/α-hetero) is 1. The normalized spacial score (nSPS) is 18.2. The molecule has 1 atom stereocenters. The third kappa shape index (κ3) is 4.19. The van der Waals surface area contributed by atoms with Crippen molar-refractivity contribution in [2.24, 2.45) is 0 Å². The first-order valence-electron chi connectivity index (χ1n) is 9.92. The van der Waals surface area contributed by atoms with E-state index in [0.717, 1.165) is 11.3 Å². The van der Waals surface area contributed by atoms with Gasteiger partial charge in [0.2, 0.25) is 5.95 Å². The van der Waals surface area contributed by atoms with E-state index in [4.69, 9.17) is 20.5 Å². The van der Waals surface area contributed by atoms with Gasteiger partial charge in [0.1, 0.15) is 6.17 Å². The highest BCUT2D eigenvalue weighted by molar-refractivity contribution is 6.03. The monoisotopic (exact) mass is 433 g/mol. The van der Waals surface area contributed by atoms with Crippen LogP contribution >= 0.6 is 0 Å². The van der Waals surface area contributed by atoms with E-state index in [1.807, 2.05) is 23.1 Å². The van der Waals surface area contributed by atoms with Gasteiger partial charge in [-0.1, -0.05) is 0 Å². The molecule has 164 valence electrons. The van der Waals surface area contributed by atoms with Gasteiger partial charge in [0.15, 0.2) is 17.3 Å². The average Bonchev–Trinajstić information content (AvgIpc) is 2.80. The molecule has 10 heteroatoms. The number of carbonyl (C=O) groups is 1. The second-order valence-electron chi connectivity index (χ2n) is 7.34. The number of methoxy groups -OCH3 is 2. The summed E-state index contributed by atoms with van der Waals surface area (Å²) in [6, 6.07) is 7.61. The van der Waals surface area contributed by atoms with Gasteiger partial charge < -0.3 is 25.8 Å². The molecule has 2 aromatic rings. The molecular weight excluding hydrogens is 410 g/mol. The molecule has 0 aliphatic carbocycles. The van der Waals surface area contributed by atoms with Crippen molar-refractivity contribution in [1.82, 2.24) is 20.2 Å². The minimum absolute atomic E-state index is 0.0454. The molecule has 1 aromatic carbocycles. The Labute approximate surface area is 185 Å². The van der Waals surface area contributed by atoms with Crippen molar-refractivity contribution in [2.75, 3.05) is 44.9 Å². The van der Waals surface area contributed by atoms with Crippen molar-refractivity contribution in [3.63, 3.8) is 0 Å². The number of nitrogens with one attached hydrogen (secondary N) is 2. The third-order valence-electron chi connectivity index (χ3n) is 5.32. The highest BCUT2D eigenvalue weighted by Gasteiger charge is 2.33. The number of hydrogen-bond acceptors (Lipinski definition) is 10. The zero-order valence-corrected chi connectivity index (χ0v) is 17.8. The first-order valence-corrected chi connectivity index (χ1v) is 9.92. The van der Waals surface area contributed by atoms with Crippen molar-refractivity contribution in [3.05, 3.63) is 53.4 Å². The lowest BCUT2D eigenvalue weighted by Crippen LogP contribution is -2.48. The molecule has 0 fully saturated rings. The molecular formula is C22H23N7O3. The fourth-order valence-electron chi connectivity index (χ4n) is 3.77. The molecule has 0 saturated carbocycles. The van der Waals surface area contributed by atoms with Crippen molar-refractivity contribution >= 4 is 23.1 Å². The van der Waals surface area contributed by atoms with E-state index in [9.17, 15) is 4.79 Å². The molecule has 32 heavy (non-hydrogen) atoms. The van der Waals surface area contributed by atoms with Gasteiger partial charge >= 0.3 is 0 Å². The first-order chi connectivity index (χ1) is 15.5. The quantitative estimate of drug-likeness (QED) is 0.569. The maximum atomic E-state index is 12.9. The van der Waals surface area contributed by atoms with Crippen LogP contribution in [0.5, 0.6) is 11.5 Å². The Balaban J connectivity index is 1.71. The van der Waals surface area contributed by atoms with Gasteiger partial charge in [0.05, 0.1) is 33.4 Å². The first kappa shape index (κ1) is 21.1. The van der Waals surface area contributed by atoms with E-state index >= 15 is 0 Å². The summed E-state index contributed by atoms with van der Waals surface area (Å²) in [5.41, 5.74) is 9.26. The zero-order valence-electron chi connectivity index (χ0n) is 17.8. The van der Waals surface area contributed by atoms with Crippen LogP contribution in [0.25, 0.3) is 5.70 Å². The molecule has 1 unspecified atom stereocenters. The molecule has 4 rings (SSSR count). The number of allylic oxidation sites excluding steroid dienone is 1. The Morgan fingerprint density at radius 1 is 1.25 bits per heavy atom. The van der Waals surface area contributed by atoms with E-state index in [2.05, 4.69) is 26.7 Å². The predicted octanol–water partition coefficient (Wildman–Crippen LogP) is 1.16. The maximum absolute atomic E-state index is 12.9. The minimum atomic E-state index is -0.411. The topological polar surface area (TPSA) is 138 Å². The van der Waals surface area contributed by atoms with Crippen molar-refractivity contribution in [3.8, 4) is 17.6 Å². The van der Waals surface area contributed by atoms with Gasteiger partial charge in [-0.05, 0) is 23.8 Å². The Kier molecular flexibility index (Phi) is 5.91. The van der Waals surface area contributed by atoms with Gasteiger partial charge in [0, 0.05) is 47.5 Å². The summed E-state index contributed by atoms with van der Waals surface area (Å²) in [5, 5.41) is 16.0. The van der Waals surface area contributed by atoms with E-state index < -0.39 is 6.17 Å². The van der Waals surface area contributed by atoms with Gasteiger partial charge in [-0.15, -0.1) is 0 Å². The van der Waals surface area contributed by atoms with Crippen molar-refractivity contribution < 1.29 is 14.3 Å². The molecule has 10 nitrogen and oxygen atoms in total. The summed E-state index contributed by atoms with van der Waals surface area (Å²) >= 11 is 0. The van der Waals surface area contributed by atoms with Crippen LogP contribution in [0.2, 0.25) is 0 Å². The summed E-state index contributed by atoms with van der Waals surface area (Å²) < 4.78 is 10.7. The lowest BCUT2D eigenvalue weighted by molar-refractivity contribution is -0.116. The standard InChI is InChI=1S/C22H23N7O3/c1-31-19-4-3-14(7-20(19)32-2)27-21-16-11-29(6-5-23)12-18(30)15(16)8-17(28-21)13-9-25-22(24)26-10-13/h3-4,7-10,21,27-28H,6,11-12H2,1-2H3,(H2,24,25,26). The largest absolute Gasteiger partial charge is 0.493 e. The van der Waals surface area contributed by atoms with Crippen LogP contribution in [0, 0.1) is 11.3 Å². The second-order valence-corrected chi connectivity index (χ2v) is 7.34. The van der Waals surface area contributed by atoms with E-state index in [-0.39, 0.29) is 24.8 Å². The Morgan fingerprint density at radius 2 is 2.00 bits per heavy atom. The molecule has 0 spiro atoms. The van der Waals surface area contributed by atoms with E-state index in [1.165, 1.54) is 0 Å². The van der Waals surface area contributed by atoms with Crippen LogP contribution in [-0.4, -0.2) is 60.7 Å². The number of ether oxygens (including phenoxy) is 2. The number of rotatable bonds is 6. The number of hydrogen-bond donors (Lipinski definition) is 3. The number of dihydropyridines is 1. The Hall–Kier alpha value is -4.10. The number of carbonyl (C=O) groups excluding carboxylic acids is 1. The van der Waals surface area contributed by atoms with Crippen LogP contribution in [0.15, 0.2) is 47.8 Å². The van der Waals surface area contributed by atoms with Gasteiger partial charge in [-0.25, -0.2) is 9.97 Å². The highest BCUT2D eigenvalue weighted by atomic mass is 16.5. The lowest BCUT2D eigenvalue weighted by atomic mass is 9.91. The lowest BCUT2D eigenvalue weighted by Gasteiger charge is -2.37. The van der Waals surface area contributed by atoms with E-state index in [0.29, 0.717) is 34.9 Å². The number of aromatic nitrogens is 2. The van der Waals surface area contributed by atoms with E-state index in [1.54, 1.807) is 32.7 Å². The Bertz CT molecular complexity index is 1140. The number of nitriles is 1. The molecule has 0 amide bonds. The molecule has 0 bridgehead atoms. The maximum Gasteiger partial charge on any atom is 0.219 e. The number of benzene rings is 1. The summed E-state index contributed by atoms with van der Waals surface area (Å²) in [6.45, 7) is 0.847. The molecule has 4 N–H and O–H groups in total. The zero-order chi connectivity index (χ0) is 22.7. The number of nitrogens with zero attached hydrogens (tertiary/aromatic N) is 4.